The molecular weight excluding hydrogens is 508 g/mol. The Hall–Kier alpha value is -4.95. The summed E-state index contributed by atoms with van der Waals surface area (Å²) in [7, 11) is 0. The van der Waals surface area contributed by atoms with E-state index in [0.717, 1.165) is 0 Å². The second-order valence-corrected chi connectivity index (χ2v) is 8.18. The smallest absolute Gasteiger partial charge is 0.343 e. The fraction of sp³-hybridized carbons (Fsp3) is 0.0345. The number of carbonyl (C=O) groups excluding carboxylic acids is 3. The Morgan fingerprint density at radius 2 is 1.32 bits per heavy atom. The number of hydrogen-bond donors (Lipinski definition) is 1. The van der Waals surface area contributed by atoms with Crippen LogP contribution >= 0.6 is 11.6 Å². The van der Waals surface area contributed by atoms with Gasteiger partial charge < -0.3 is 14.2 Å². The Morgan fingerprint density at radius 3 is 1.95 bits per heavy atom. The van der Waals surface area contributed by atoms with E-state index < -0.39 is 17.8 Å². The summed E-state index contributed by atoms with van der Waals surface area (Å²) in [5.74, 6) is -0.982. The highest BCUT2D eigenvalue weighted by Crippen LogP contribution is 2.26. The summed E-state index contributed by atoms with van der Waals surface area (Å²) < 4.78 is 16.4. The predicted molar refractivity (Wildman–Crippen MR) is 142 cm³/mol. The number of nitrogens with one attached hydrogen (secondary N) is 1. The quantitative estimate of drug-likeness (QED) is 0.137. The van der Waals surface area contributed by atoms with E-state index in [0.29, 0.717) is 27.5 Å². The van der Waals surface area contributed by atoms with Gasteiger partial charge in [-0.1, -0.05) is 48.0 Å². The van der Waals surface area contributed by atoms with E-state index in [1.54, 1.807) is 91.0 Å². The minimum atomic E-state index is -0.618. The number of hydrazone groups is 1. The molecule has 4 rings (SSSR count). The van der Waals surface area contributed by atoms with Crippen LogP contribution < -0.4 is 19.6 Å². The maximum absolute atomic E-state index is 12.7. The lowest BCUT2D eigenvalue weighted by Gasteiger charge is -2.10. The van der Waals surface area contributed by atoms with Crippen molar-refractivity contribution in [1.82, 2.24) is 5.43 Å². The molecule has 0 aliphatic rings. The first-order valence-electron chi connectivity index (χ1n) is 11.4. The van der Waals surface area contributed by atoms with Crippen molar-refractivity contribution in [3.63, 3.8) is 0 Å². The number of carbonyl (C=O) groups is 3. The third-order valence-electron chi connectivity index (χ3n) is 4.99. The molecule has 0 aromatic heterocycles. The molecule has 0 saturated heterocycles. The van der Waals surface area contributed by atoms with Crippen LogP contribution in [0.2, 0.25) is 5.02 Å². The van der Waals surface area contributed by atoms with Crippen LogP contribution in [0.25, 0.3) is 0 Å². The highest BCUT2D eigenvalue weighted by molar-refractivity contribution is 6.30. The van der Waals surface area contributed by atoms with Crippen LogP contribution in [0.5, 0.6) is 17.2 Å². The normalized spacial score (nSPS) is 10.6. The van der Waals surface area contributed by atoms with Crippen LogP contribution in [0.1, 0.15) is 26.3 Å². The maximum atomic E-state index is 12.7. The number of rotatable bonds is 9. The van der Waals surface area contributed by atoms with Crippen molar-refractivity contribution in [3.05, 3.63) is 125 Å². The fourth-order valence-electron chi connectivity index (χ4n) is 3.13. The molecule has 0 aliphatic heterocycles. The van der Waals surface area contributed by atoms with Gasteiger partial charge in [0, 0.05) is 16.7 Å². The summed E-state index contributed by atoms with van der Waals surface area (Å²) in [5.41, 5.74) is 3.40. The molecule has 0 unspecified atom stereocenters. The molecule has 9 heteroatoms. The molecule has 190 valence electrons. The van der Waals surface area contributed by atoms with Gasteiger partial charge in [0.1, 0.15) is 17.2 Å². The lowest BCUT2D eigenvalue weighted by molar-refractivity contribution is -0.123. The highest BCUT2D eigenvalue weighted by atomic mass is 35.5. The first-order valence-corrected chi connectivity index (χ1v) is 11.7. The summed E-state index contributed by atoms with van der Waals surface area (Å²) in [4.78, 5) is 37.2. The van der Waals surface area contributed by atoms with E-state index in [-0.39, 0.29) is 18.1 Å². The van der Waals surface area contributed by atoms with E-state index in [9.17, 15) is 14.4 Å². The van der Waals surface area contributed by atoms with E-state index in [1.807, 2.05) is 0 Å². The van der Waals surface area contributed by atoms with Crippen LogP contribution in [-0.4, -0.2) is 30.7 Å². The zero-order valence-electron chi connectivity index (χ0n) is 19.9. The molecule has 1 amide bonds. The SMILES string of the molecule is O=C(COc1ccc(Cl)cc1)NN=Cc1ccc(OC(=O)c2ccccc2)cc1OC(=O)c1ccccc1. The molecule has 0 spiro atoms. The van der Waals surface area contributed by atoms with Crippen molar-refractivity contribution < 1.29 is 28.6 Å². The third-order valence-corrected chi connectivity index (χ3v) is 5.25. The summed E-state index contributed by atoms with van der Waals surface area (Å²) in [6.07, 6.45) is 1.30. The largest absolute Gasteiger partial charge is 0.484 e. The van der Waals surface area contributed by atoms with Crippen molar-refractivity contribution in [2.24, 2.45) is 5.10 Å². The van der Waals surface area contributed by atoms with Gasteiger partial charge in [-0.25, -0.2) is 15.0 Å². The zero-order chi connectivity index (χ0) is 26.7. The van der Waals surface area contributed by atoms with Crippen molar-refractivity contribution in [2.45, 2.75) is 0 Å². The van der Waals surface area contributed by atoms with Crippen LogP contribution in [0.4, 0.5) is 0 Å². The molecule has 8 nitrogen and oxygen atoms in total. The van der Waals surface area contributed by atoms with Gasteiger partial charge in [-0.2, -0.15) is 5.10 Å². The number of ether oxygens (including phenoxy) is 3. The second-order valence-electron chi connectivity index (χ2n) is 7.75. The van der Waals surface area contributed by atoms with Gasteiger partial charge in [0.25, 0.3) is 5.91 Å². The van der Waals surface area contributed by atoms with Crippen molar-refractivity contribution in [1.29, 1.82) is 0 Å². The number of nitrogens with zero attached hydrogens (tertiary/aromatic N) is 1. The average Bonchev–Trinajstić information content (AvgIpc) is 2.94. The lowest BCUT2D eigenvalue weighted by atomic mass is 10.2. The highest BCUT2D eigenvalue weighted by Gasteiger charge is 2.15. The van der Waals surface area contributed by atoms with Gasteiger partial charge >= 0.3 is 11.9 Å². The number of halogens is 1. The molecule has 0 saturated carbocycles. The van der Waals surface area contributed by atoms with Crippen molar-refractivity contribution in [2.75, 3.05) is 6.61 Å². The van der Waals surface area contributed by atoms with E-state index in [4.69, 9.17) is 25.8 Å². The standard InChI is InChI=1S/C29H21ClN2O6/c30-23-12-15-24(16-13-23)36-19-27(33)32-31-18-22-11-14-25(37-28(34)20-7-3-1-4-8-20)17-26(22)38-29(35)21-9-5-2-6-10-21/h1-18H,19H2,(H,32,33). The minimum Gasteiger partial charge on any atom is -0.484 e. The molecule has 1 N–H and O–H groups in total. The average molecular weight is 529 g/mol. The monoisotopic (exact) mass is 528 g/mol. The Bertz CT molecular complexity index is 1440. The van der Waals surface area contributed by atoms with Gasteiger partial charge in [0.15, 0.2) is 6.61 Å². The number of hydrogen-bond acceptors (Lipinski definition) is 7. The molecule has 0 radical (unpaired) electrons. The van der Waals surface area contributed by atoms with Crippen molar-refractivity contribution in [3.8, 4) is 17.2 Å². The van der Waals surface area contributed by atoms with Crippen LogP contribution in [-0.2, 0) is 4.79 Å². The maximum Gasteiger partial charge on any atom is 0.343 e. The number of esters is 2. The lowest BCUT2D eigenvalue weighted by Crippen LogP contribution is -2.24. The van der Waals surface area contributed by atoms with E-state index >= 15 is 0 Å². The molecule has 0 aliphatic carbocycles. The predicted octanol–water partition coefficient (Wildman–Crippen LogP) is 5.31. The Balaban J connectivity index is 1.46. The molecule has 4 aromatic carbocycles. The molecule has 0 fully saturated rings. The summed E-state index contributed by atoms with van der Waals surface area (Å²) in [6, 6.07) is 27.9. The van der Waals surface area contributed by atoms with Gasteiger partial charge in [0.2, 0.25) is 0 Å². The van der Waals surface area contributed by atoms with Gasteiger partial charge in [0.05, 0.1) is 17.3 Å². The molecular formula is C29H21ClN2O6. The first-order chi connectivity index (χ1) is 18.5. The number of benzene rings is 4. The van der Waals surface area contributed by atoms with Crippen LogP contribution in [0.15, 0.2) is 108 Å². The molecule has 0 bridgehead atoms. The van der Waals surface area contributed by atoms with Crippen molar-refractivity contribution >= 4 is 35.7 Å². The molecule has 4 aromatic rings. The summed E-state index contributed by atoms with van der Waals surface area (Å²) in [6.45, 7) is -0.275. The van der Waals surface area contributed by atoms with Gasteiger partial charge in [-0.15, -0.1) is 0 Å². The van der Waals surface area contributed by atoms with Crippen LogP contribution in [0, 0.1) is 0 Å². The van der Waals surface area contributed by atoms with E-state index in [1.165, 1.54) is 18.3 Å². The Labute approximate surface area is 223 Å². The Kier molecular flexibility index (Phi) is 8.83. The van der Waals surface area contributed by atoms with Gasteiger partial charge in [-0.05, 0) is 60.7 Å². The third kappa shape index (κ3) is 7.52. The molecule has 0 atom stereocenters. The minimum absolute atomic E-state index is 0.0765. The summed E-state index contributed by atoms with van der Waals surface area (Å²) in [5, 5.41) is 4.47. The van der Waals surface area contributed by atoms with Crippen LogP contribution in [0.3, 0.4) is 0 Å². The van der Waals surface area contributed by atoms with E-state index in [2.05, 4.69) is 10.5 Å². The number of amides is 1. The Morgan fingerprint density at radius 1 is 0.737 bits per heavy atom. The summed E-state index contributed by atoms with van der Waals surface area (Å²) >= 11 is 5.83. The van der Waals surface area contributed by atoms with Gasteiger partial charge in [-0.3, -0.25) is 4.79 Å². The first kappa shape index (κ1) is 26.1. The molecule has 0 heterocycles. The second kappa shape index (κ2) is 12.8. The topological polar surface area (TPSA) is 103 Å². The molecule has 38 heavy (non-hydrogen) atoms. The zero-order valence-corrected chi connectivity index (χ0v) is 20.6. The fourth-order valence-corrected chi connectivity index (χ4v) is 3.26.